The van der Waals surface area contributed by atoms with Crippen LogP contribution in [0.4, 0.5) is 0 Å². The Labute approximate surface area is 56.9 Å². The molecule has 0 bridgehead atoms. The number of hydrogen-bond donors (Lipinski definition) is 0. The highest BCUT2D eigenvalue weighted by atomic mass is 16.6. The summed E-state index contributed by atoms with van der Waals surface area (Å²) < 4.78 is 0. The van der Waals surface area contributed by atoms with Crippen LogP contribution in [-0.2, 0) is 4.84 Å². The second kappa shape index (κ2) is 4.36. The molecule has 0 aromatic rings. The Morgan fingerprint density at radius 1 is 1.78 bits per heavy atom. The van der Waals surface area contributed by atoms with Crippen molar-refractivity contribution in [3.63, 3.8) is 0 Å². The Hall–Kier alpha value is -0.530. The van der Waals surface area contributed by atoms with E-state index in [2.05, 4.69) is 19.0 Å². The standard InChI is InChI=1S/C7H14NO/c1-5-7(4)9-8-6(2)3/h7H,2,5H2,1,3-4H3. The summed E-state index contributed by atoms with van der Waals surface area (Å²) in [4.78, 5) is 4.98. The third-order valence-corrected chi connectivity index (χ3v) is 0.963. The van der Waals surface area contributed by atoms with Crippen LogP contribution in [0, 0.1) is 6.92 Å². The predicted molar refractivity (Wildman–Crippen MR) is 39.3 cm³/mol. The lowest BCUT2D eigenvalue weighted by Crippen LogP contribution is -2.02. The van der Waals surface area contributed by atoms with Gasteiger partial charge in [-0.15, -0.1) is 0 Å². The normalized spacial score (nSPS) is 15.3. The third kappa shape index (κ3) is 5.34. The summed E-state index contributed by atoms with van der Waals surface area (Å²) in [7, 11) is 0. The summed E-state index contributed by atoms with van der Waals surface area (Å²) in [5.74, 6) is 0. The average Bonchev–Trinajstić information content (AvgIpc) is 1.83. The monoisotopic (exact) mass is 128 g/mol. The Bertz CT molecular complexity index is 95.1. The van der Waals surface area contributed by atoms with E-state index >= 15 is 0 Å². The molecule has 0 spiro atoms. The van der Waals surface area contributed by atoms with E-state index in [1.807, 2.05) is 13.8 Å². The van der Waals surface area contributed by atoms with Crippen molar-refractivity contribution in [3.8, 4) is 0 Å². The summed E-state index contributed by atoms with van der Waals surface area (Å²) >= 11 is 0. The van der Waals surface area contributed by atoms with Crippen molar-refractivity contribution in [2.45, 2.75) is 33.3 Å². The van der Waals surface area contributed by atoms with Crippen LogP contribution in [0.1, 0.15) is 27.2 Å². The van der Waals surface area contributed by atoms with Crippen molar-refractivity contribution in [1.82, 2.24) is 0 Å². The first-order valence-electron chi connectivity index (χ1n) is 3.19. The third-order valence-electron chi connectivity index (χ3n) is 0.963. The van der Waals surface area contributed by atoms with Gasteiger partial charge in [0.05, 0.1) is 5.71 Å². The molecule has 0 saturated heterocycles. The van der Waals surface area contributed by atoms with Crippen LogP contribution < -0.4 is 0 Å². The van der Waals surface area contributed by atoms with Gasteiger partial charge in [-0.3, -0.25) is 0 Å². The minimum absolute atomic E-state index is 0.210. The summed E-state index contributed by atoms with van der Waals surface area (Å²) in [5, 5.41) is 3.70. The molecule has 0 N–H and O–H groups in total. The molecule has 0 saturated carbocycles. The minimum atomic E-state index is 0.210. The van der Waals surface area contributed by atoms with E-state index in [9.17, 15) is 0 Å². The quantitative estimate of drug-likeness (QED) is 0.421. The van der Waals surface area contributed by atoms with Crippen LogP contribution in [0.15, 0.2) is 5.16 Å². The molecular formula is C7H14NO. The Morgan fingerprint density at radius 2 is 2.33 bits per heavy atom. The molecular weight excluding hydrogens is 114 g/mol. The summed E-state index contributed by atoms with van der Waals surface area (Å²) in [5.41, 5.74) is 0.718. The Kier molecular flexibility index (Phi) is 4.10. The maximum atomic E-state index is 4.98. The fraction of sp³-hybridized carbons (Fsp3) is 0.714. The maximum Gasteiger partial charge on any atom is 0.124 e. The van der Waals surface area contributed by atoms with Gasteiger partial charge in [-0.25, -0.2) is 0 Å². The molecule has 0 aromatic heterocycles. The van der Waals surface area contributed by atoms with Crippen molar-refractivity contribution in [2.24, 2.45) is 5.16 Å². The lowest BCUT2D eigenvalue weighted by Gasteiger charge is -2.04. The molecule has 53 valence electrons. The average molecular weight is 128 g/mol. The highest BCUT2D eigenvalue weighted by molar-refractivity contribution is 5.85. The van der Waals surface area contributed by atoms with Gasteiger partial charge in [0.1, 0.15) is 6.10 Å². The van der Waals surface area contributed by atoms with Gasteiger partial charge in [0, 0.05) is 0 Å². The molecule has 0 aliphatic rings. The van der Waals surface area contributed by atoms with Crippen LogP contribution in [0.5, 0.6) is 0 Å². The predicted octanol–water partition coefficient (Wildman–Crippen LogP) is 2.01. The van der Waals surface area contributed by atoms with Crippen molar-refractivity contribution in [1.29, 1.82) is 0 Å². The zero-order chi connectivity index (χ0) is 7.28. The van der Waals surface area contributed by atoms with Crippen molar-refractivity contribution < 1.29 is 4.84 Å². The first kappa shape index (κ1) is 8.47. The Balaban J connectivity index is 3.37. The minimum Gasteiger partial charge on any atom is -0.393 e. The van der Waals surface area contributed by atoms with Gasteiger partial charge >= 0.3 is 0 Å². The van der Waals surface area contributed by atoms with Crippen LogP contribution in [0.2, 0.25) is 0 Å². The van der Waals surface area contributed by atoms with E-state index < -0.39 is 0 Å². The summed E-state index contributed by atoms with van der Waals surface area (Å²) in [6, 6.07) is 0. The smallest absolute Gasteiger partial charge is 0.124 e. The number of nitrogens with zero attached hydrogens (tertiary/aromatic N) is 1. The molecule has 0 fully saturated rings. The maximum absolute atomic E-state index is 4.98. The topological polar surface area (TPSA) is 21.6 Å². The van der Waals surface area contributed by atoms with Gasteiger partial charge in [0.25, 0.3) is 0 Å². The number of oxime groups is 1. The van der Waals surface area contributed by atoms with E-state index in [-0.39, 0.29) is 6.10 Å². The lowest BCUT2D eigenvalue weighted by atomic mass is 10.3. The first-order valence-corrected chi connectivity index (χ1v) is 3.19. The fourth-order valence-electron chi connectivity index (χ4n) is 0.254. The van der Waals surface area contributed by atoms with E-state index in [1.54, 1.807) is 0 Å². The molecule has 2 heteroatoms. The largest absolute Gasteiger partial charge is 0.393 e. The molecule has 1 radical (unpaired) electrons. The second-order valence-corrected chi connectivity index (χ2v) is 2.15. The van der Waals surface area contributed by atoms with Gasteiger partial charge in [-0.2, -0.15) is 0 Å². The lowest BCUT2D eigenvalue weighted by molar-refractivity contribution is 0.0700. The van der Waals surface area contributed by atoms with Crippen molar-refractivity contribution in [2.75, 3.05) is 0 Å². The Morgan fingerprint density at radius 3 is 2.67 bits per heavy atom. The molecule has 0 amide bonds. The van der Waals surface area contributed by atoms with Crippen LogP contribution in [0.3, 0.4) is 0 Å². The molecule has 0 heterocycles. The molecule has 2 nitrogen and oxygen atoms in total. The molecule has 0 rings (SSSR count). The van der Waals surface area contributed by atoms with Gasteiger partial charge in [-0.05, 0) is 27.2 Å². The molecule has 1 atom stereocenters. The number of rotatable bonds is 3. The van der Waals surface area contributed by atoms with E-state index in [0.29, 0.717) is 0 Å². The van der Waals surface area contributed by atoms with Gasteiger partial charge in [-0.1, -0.05) is 12.1 Å². The van der Waals surface area contributed by atoms with E-state index in [1.165, 1.54) is 0 Å². The van der Waals surface area contributed by atoms with Crippen molar-refractivity contribution >= 4 is 5.71 Å². The fourth-order valence-corrected chi connectivity index (χ4v) is 0.254. The van der Waals surface area contributed by atoms with E-state index in [0.717, 1.165) is 12.1 Å². The summed E-state index contributed by atoms with van der Waals surface area (Å²) in [6.45, 7) is 9.41. The van der Waals surface area contributed by atoms with Crippen LogP contribution in [-0.4, -0.2) is 11.8 Å². The van der Waals surface area contributed by atoms with Crippen molar-refractivity contribution in [3.05, 3.63) is 6.92 Å². The van der Waals surface area contributed by atoms with Crippen LogP contribution in [0.25, 0.3) is 0 Å². The molecule has 9 heavy (non-hydrogen) atoms. The molecule has 0 aromatic carbocycles. The van der Waals surface area contributed by atoms with Crippen LogP contribution >= 0.6 is 0 Å². The SMILES string of the molecule is [CH2]C(C)=NOC(C)CC. The highest BCUT2D eigenvalue weighted by Crippen LogP contribution is 1.95. The zero-order valence-corrected chi connectivity index (χ0v) is 6.35. The first-order chi connectivity index (χ1) is 4.16. The summed E-state index contributed by atoms with van der Waals surface area (Å²) in [6.07, 6.45) is 1.19. The van der Waals surface area contributed by atoms with Gasteiger partial charge < -0.3 is 4.84 Å². The zero-order valence-electron chi connectivity index (χ0n) is 6.35. The molecule has 0 aliphatic carbocycles. The number of hydrogen-bond acceptors (Lipinski definition) is 2. The molecule has 1 unspecified atom stereocenters. The van der Waals surface area contributed by atoms with E-state index in [4.69, 9.17) is 4.84 Å². The van der Waals surface area contributed by atoms with Gasteiger partial charge in [0.2, 0.25) is 0 Å². The van der Waals surface area contributed by atoms with Gasteiger partial charge in [0.15, 0.2) is 0 Å². The highest BCUT2D eigenvalue weighted by Gasteiger charge is 1.94. The molecule has 0 aliphatic heterocycles. The second-order valence-electron chi connectivity index (χ2n) is 2.15.